The van der Waals surface area contributed by atoms with Gasteiger partial charge in [-0.25, -0.2) is 0 Å². The molecule has 3 nitrogen and oxygen atoms in total. The van der Waals surface area contributed by atoms with Crippen molar-refractivity contribution in [1.29, 1.82) is 0 Å². The van der Waals surface area contributed by atoms with E-state index >= 15 is 0 Å². The van der Waals surface area contributed by atoms with Gasteiger partial charge in [0.15, 0.2) is 5.78 Å². The summed E-state index contributed by atoms with van der Waals surface area (Å²) in [5.41, 5.74) is 3.14. The summed E-state index contributed by atoms with van der Waals surface area (Å²) in [5.74, 6) is 1.53. The summed E-state index contributed by atoms with van der Waals surface area (Å²) in [6, 6.07) is 9.42. The van der Waals surface area contributed by atoms with Crippen LogP contribution in [-0.4, -0.2) is 17.0 Å². The van der Waals surface area contributed by atoms with Gasteiger partial charge in [0.05, 0.1) is 5.56 Å². The zero-order valence-electron chi connectivity index (χ0n) is 17.5. The molecule has 0 saturated carbocycles. The third-order valence-corrected chi connectivity index (χ3v) is 5.91. The highest BCUT2D eigenvalue weighted by molar-refractivity contribution is 6.30. The van der Waals surface area contributed by atoms with Crippen molar-refractivity contribution in [2.24, 2.45) is 0 Å². The number of ketones is 1. The third-order valence-electron chi connectivity index (χ3n) is 5.67. The SMILES string of the molecule is CC1(C)CCc2cc(C(=O)/C=C/c3cccc(Cl)c3)c3c(c2O1)CCC(C)(C)O3. The number of hydrogen-bond acceptors (Lipinski definition) is 3. The van der Waals surface area contributed by atoms with Gasteiger partial charge in [-0.3, -0.25) is 4.79 Å². The lowest BCUT2D eigenvalue weighted by molar-refractivity contribution is 0.0655. The Balaban J connectivity index is 1.76. The van der Waals surface area contributed by atoms with E-state index in [4.69, 9.17) is 21.1 Å². The summed E-state index contributed by atoms with van der Waals surface area (Å²) in [6.45, 7) is 8.36. The molecule has 152 valence electrons. The van der Waals surface area contributed by atoms with Gasteiger partial charge in [-0.15, -0.1) is 0 Å². The van der Waals surface area contributed by atoms with Crippen LogP contribution in [0.3, 0.4) is 0 Å². The fraction of sp³-hybridized carbons (Fsp3) is 0.400. The molecule has 0 N–H and O–H groups in total. The second kappa shape index (κ2) is 7.21. The van der Waals surface area contributed by atoms with Crippen molar-refractivity contribution < 1.29 is 14.3 Å². The van der Waals surface area contributed by atoms with Crippen LogP contribution in [-0.2, 0) is 12.8 Å². The van der Waals surface area contributed by atoms with Crippen LogP contribution < -0.4 is 9.47 Å². The van der Waals surface area contributed by atoms with E-state index in [0.717, 1.165) is 48.1 Å². The quantitative estimate of drug-likeness (QED) is 0.431. The van der Waals surface area contributed by atoms with Crippen LogP contribution >= 0.6 is 11.6 Å². The number of allylic oxidation sites excluding steroid dienone is 1. The van der Waals surface area contributed by atoms with Crippen LogP contribution in [0, 0.1) is 0 Å². The summed E-state index contributed by atoms with van der Waals surface area (Å²) < 4.78 is 12.7. The lowest BCUT2D eigenvalue weighted by atomic mass is 9.85. The second-order valence-electron chi connectivity index (χ2n) is 9.20. The molecule has 4 rings (SSSR count). The van der Waals surface area contributed by atoms with E-state index in [1.54, 1.807) is 12.2 Å². The van der Waals surface area contributed by atoms with Crippen molar-refractivity contribution in [3.63, 3.8) is 0 Å². The maximum atomic E-state index is 13.2. The minimum Gasteiger partial charge on any atom is -0.487 e. The number of hydrogen-bond donors (Lipinski definition) is 0. The van der Waals surface area contributed by atoms with Crippen molar-refractivity contribution in [2.75, 3.05) is 0 Å². The molecule has 0 atom stereocenters. The van der Waals surface area contributed by atoms with Gasteiger partial charge in [0.2, 0.25) is 0 Å². The fourth-order valence-electron chi connectivity index (χ4n) is 3.99. The molecule has 0 spiro atoms. The number of carbonyl (C=O) groups is 1. The smallest absolute Gasteiger partial charge is 0.189 e. The molecule has 2 aliphatic rings. The van der Waals surface area contributed by atoms with Crippen LogP contribution in [0.4, 0.5) is 0 Å². The fourth-order valence-corrected chi connectivity index (χ4v) is 4.19. The van der Waals surface area contributed by atoms with Gasteiger partial charge in [-0.05, 0) is 88.8 Å². The van der Waals surface area contributed by atoms with Gasteiger partial charge in [0.25, 0.3) is 0 Å². The van der Waals surface area contributed by atoms with Gasteiger partial charge >= 0.3 is 0 Å². The van der Waals surface area contributed by atoms with E-state index in [1.165, 1.54) is 0 Å². The topological polar surface area (TPSA) is 35.5 Å². The maximum Gasteiger partial charge on any atom is 0.189 e. The van der Waals surface area contributed by atoms with Crippen molar-refractivity contribution >= 4 is 23.5 Å². The monoisotopic (exact) mass is 410 g/mol. The zero-order chi connectivity index (χ0) is 20.8. The minimum absolute atomic E-state index is 0.0634. The van der Waals surface area contributed by atoms with Gasteiger partial charge in [-0.1, -0.05) is 29.8 Å². The molecule has 0 aliphatic carbocycles. The molecule has 0 saturated heterocycles. The Morgan fingerprint density at radius 1 is 1.00 bits per heavy atom. The van der Waals surface area contributed by atoms with Crippen LogP contribution in [0.5, 0.6) is 11.5 Å². The molecule has 4 heteroatoms. The van der Waals surface area contributed by atoms with Gasteiger partial charge < -0.3 is 9.47 Å². The molecule has 2 aromatic rings. The number of rotatable bonds is 3. The number of fused-ring (bicyclic) bond motifs is 3. The van der Waals surface area contributed by atoms with Crippen molar-refractivity contribution in [2.45, 2.75) is 64.6 Å². The average molecular weight is 411 g/mol. The van der Waals surface area contributed by atoms with E-state index in [1.807, 2.05) is 30.3 Å². The molecule has 0 fully saturated rings. The minimum atomic E-state index is -0.308. The lowest BCUT2D eigenvalue weighted by Crippen LogP contribution is -2.37. The first-order valence-corrected chi connectivity index (χ1v) is 10.6. The Bertz CT molecular complexity index is 1000. The summed E-state index contributed by atoms with van der Waals surface area (Å²) in [5, 5.41) is 0.649. The first-order chi connectivity index (χ1) is 13.6. The average Bonchev–Trinajstić information content (AvgIpc) is 2.64. The highest BCUT2D eigenvalue weighted by atomic mass is 35.5. The highest BCUT2D eigenvalue weighted by Crippen LogP contribution is 2.47. The molecule has 0 bridgehead atoms. The first-order valence-electron chi connectivity index (χ1n) is 10.2. The van der Waals surface area contributed by atoms with E-state index < -0.39 is 0 Å². The number of aryl methyl sites for hydroxylation is 1. The van der Waals surface area contributed by atoms with E-state index in [9.17, 15) is 4.79 Å². The molecule has 2 aromatic carbocycles. The predicted molar refractivity (Wildman–Crippen MR) is 117 cm³/mol. The number of ether oxygens (including phenoxy) is 2. The normalized spacial score (nSPS) is 19.1. The Morgan fingerprint density at radius 2 is 1.69 bits per heavy atom. The molecular formula is C25H27ClO3. The predicted octanol–water partition coefficient (Wildman–Crippen LogP) is 6.44. The first kappa shape index (κ1) is 20.0. The van der Waals surface area contributed by atoms with Crippen LogP contribution in [0.2, 0.25) is 5.02 Å². The van der Waals surface area contributed by atoms with Crippen LogP contribution in [0.25, 0.3) is 6.08 Å². The number of benzene rings is 2. The van der Waals surface area contributed by atoms with Crippen molar-refractivity contribution in [3.8, 4) is 11.5 Å². The van der Waals surface area contributed by atoms with E-state index in [2.05, 4.69) is 27.7 Å². The van der Waals surface area contributed by atoms with Crippen molar-refractivity contribution in [3.05, 3.63) is 63.7 Å². The summed E-state index contributed by atoms with van der Waals surface area (Å²) >= 11 is 6.05. The van der Waals surface area contributed by atoms with E-state index in [0.29, 0.717) is 16.3 Å². The Kier molecular flexibility index (Phi) is 4.98. The van der Waals surface area contributed by atoms with E-state index in [-0.39, 0.29) is 17.0 Å². The Labute approximate surface area is 177 Å². The standard InChI is InChI=1S/C25H27ClO3/c1-24(2)12-10-17-15-20(21(27)9-8-16-6-5-7-18(26)14-16)23-19(22(17)28-24)11-13-25(3,4)29-23/h5-9,14-15H,10-13H2,1-4H3/b9-8+. The molecule has 0 aromatic heterocycles. The molecule has 2 aliphatic heterocycles. The van der Waals surface area contributed by atoms with Gasteiger partial charge in [-0.2, -0.15) is 0 Å². The summed E-state index contributed by atoms with van der Waals surface area (Å²) in [7, 11) is 0. The molecule has 0 amide bonds. The summed E-state index contributed by atoms with van der Waals surface area (Å²) in [4.78, 5) is 13.2. The van der Waals surface area contributed by atoms with Crippen LogP contribution in [0.1, 0.15) is 67.6 Å². The zero-order valence-corrected chi connectivity index (χ0v) is 18.2. The molecular weight excluding hydrogens is 384 g/mol. The Morgan fingerprint density at radius 3 is 2.41 bits per heavy atom. The highest BCUT2D eigenvalue weighted by Gasteiger charge is 2.36. The Hall–Kier alpha value is -2.26. The van der Waals surface area contributed by atoms with Crippen molar-refractivity contribution in [1.82, 2.24) is 0 Å². The molecule has 2 heterocycles. The van der Waals surface area contributed by atoms with Gasteiger partial charge in [0.1, 0.15) is 22.7 Å². The van der Waals surface area contributed by atoms with Gasteiger partial charge in [0, 0.05) is 10.6 Å². The number of halogens is 1. The largest absolute Gasteiger partial charge is 0.487 e. The maximum absolute atomic E-state index is 13.2. The van der Waals surface area contributed by atoms with Crippen LogP contribution in [0.15, 0.2) is 36.4 Å². The molecule has 0 unspecified atom stereocenters. The molecule has 0 radical (unpaired) electrons. The number of carbonyl (C=O) groups excluding carboxylic acids is 1. The third kappa shape index (κ3) is 4.20. The molecule has 29 heavy (non-hydrogen) atoms. The lowest BCUT2D eigenvalue weighted by Gasteiger charge is -2.39. The summed E-state index contributed by atoms with van der Waals surface area (Å²) in [6.07, 6.45) is 6.97. The second-order valence-corrected chi connectivity index (χ2v) is 9.63.